The fraction of sp³-hybridized carbons (Fsp3) is 0.450. The number of H-pyrrole nitrogens is 1. The van der Waals surface area contributed by atoms with Crippen molar-refractivity contribution in [3.63, 3.8) is 0 Å². The number of ether oxygens (including phenoxy) is 2. The Balaban J connectivity index is 1.69. The SMILES string of the molecule is C[C@@H]1CN(c2cc(N3CCOCC3)nc3c(-c4ccn[nH]4)nccc23)CCO1. The van der Waals surface area contributed by atoms with Gasteiger partial charge in [0.1, 0.15) is 17.0 Å². The molecule has 146 valence electrons. The molecule has 2 aliphatic rings. The van der Waals surface area contributed by atoms with Crippen molar-refractivity contribution >= 4 is 22.4 Å². The number of morpholine rings is 2. The van der Waals surface area contributed by atoms with Crippen LogP contribution in [0, 0.1) is 0 Å². The topological polar surface area (TPSA) is 79.4 Å². The molecule has 2 saturated heterocycles. The number of aromatic nitrogens is 4. The molecule has 3 aromatic heterocycles. The minimum Gasteiger partial charge on any atom is -0.378 e. The van der Waals surface area contributed by atoms with E-state index in [1.807, 2.05) is 12.3 Å². The first-order valence-electron chi connectivity index (χ1n) is 9.78. The molecular formula is C20H24N6O2. The van der Waals surface area contributed by atoms with E-state index >= 15 is 0 Å². The van der Waals surface area contributed by atoms with Gasteiger partial charge in [-0.2, -0.15) is 5.10 Å². The van der Waals surface area contributed by atoms with Gasteiger partial charge in [-0.25, -0.2) is 4.98 Å². The Kier molecular flexibility index (Phi) is 4.58. The smallest absolute Gasteiger partial charge is 0.131 e. The van der Waals surface area contributed by atoms with E-state index in [1.165, 1.54) is 5.69 Å². The van der Waals surface area contributed by atoms with E-state index in [1.54, 1.807) is 6.20 Å². The molecular weight excluding hydrogens is 356 g/mol. The number of hydrogen-bond donors (Lipinski definition) is 1. The van der Waals surface area contributed by atoms with Crippen molar-refractivity contribution in [3.8, 4) is 11.4 Å². The van der Waals surface area contributed by atoms with E-state index in [0.29, 0.717) is 0 Å². The highest BCUT2D eigenvalue weighted by Crippen LogP contribution is 2.35. The van der Waals surface area contributed by atoms with Gasteiger partial charge in [0.2, 0.25) is 0 Å². The maximum atomic E-state index is 5.76. The van der Waals surface area contributed by atoms with E-state index in [2.05, 4.69) is 44.0 Å². The summed E-state index contributed by atoms with van der Waals surface area (Å²) in [5.74, 6) is 0.971. The predicted molar refractivity (Wildman–Crippen MR) is 108 cm³/mol. The number of nitrogens with one attached hydrogen (secondary N) is 1. The van der Waals surface area contributed by atoms with Crippen LogP contribution in [-0.4, -0.2) is 72.3 Å². The maximum absolute atomic E-state index is 5.76. The Bertz CT molecular complexity index is 955. The van der Waals surface area contributed by atoms with Crippen molar-refractivity contribution in [1.82, 2.24) is 20.2 Å². The van der Waals surface area contributed by atoms with Gasteiger partial charge in [-0.15, -0.1) is 0 Å². The highest BCUT2D eigenvalue weighted by molar-refractivity contribution is 6.00. The van der Waals surface area contributed by atoms with Crippen LogP contribution < -0.4 is 9.80 Å². The summed E-state index contributed by atoms with van der Waals surface area (Å²) in [6.45, 7) is 7.73. The lowest BCUT2D eigenvalue weighted by Crippen LogP contribution is -2.41. The van der Waals surface area contributed by atoms with E-state index in [4.69, 9.17) is 14.5 Å². The number of hydrogen-bond acceptors (Lipinski definition) is 7. The number of aromatic amines is 1. The summed E-state index contributed by atoms with van der Waals surface area (Å²) in [6, 6.07) is 6.20. The quantitative estimate of drug-likeness (QED) is 0.745. The third-order valence-electron chi connectivity index (χ3n) is 5.37. The molecule has 0 bridgehead atoms. The molecule has 2 aliphatic heterocycles. The molecule has 1 N–H and O–H groups in total. The fourth-order valence-corrected chi connectivity index (χ4v) is 3.96. The number of anilines is 2. The van der Waals surface area contributed by atoms with Crippen LogP contribution in [0.5, 0.6) is 0 Å². The van der Waals surface area contributed by atoms with Crippen LogP contribution in [0.3, 0.4) is 0 Å². The van der Waals surface area contributed by atoms with Gasteiger partial charge in [-0.05, 0) is 19.1 Å². The normalized spacial score (nSPS) is 20.7. The predicted octanol–water partition coefficient (Wildman–Crippen LogP) is 2.08. The average Bonchev–Trinajstić information content (AvgIpc) is 3.28. The molecule has 0 saturated carbocycles. The van der Waals surface area contributed by atoms with Crippen molar-refractivity contribution in [3.05, 3.63) is 30.6 Å². The summed E-state index contributed by atoms with van der Waals surface area (Å²) >= 11 is 0. The van der Waals surface area contributed by atoms with Crippen LogP contribution in [0.1, 0.15) is 6.92 Å². The lowest BCUT2D eigenvalue weighted by molar-refractivity contribution is 0.0533. The minimum atomic E-state index is 0.206. The second kappa shape index (κ2) is 7.37. The number of nitrogens with zero attached hydrogens (tertiary/aromatic N) is 5. The second-order valence-electron chi connectivity index (χ2n) is 7.25. The monoisotopic (exact) mass is 380 g/mol. The number of rotatable bonds is 3. The summed E-state index contributed by atoms with van der Waals surface area (Å²) in [6.07, 6.45) is 3.80. The Hall–Kier alpha value is -2.71. The third-order valence-corrected chi connectivity index (χ3v) is 5.37. The van der Waals surface area contributed by atoms with Crippen LogP contribution >= 0.6 is 0 Å². The first-order chi connectivity index (χ1) is 13.8. The average molecular weight is 380 g/mol. The third kappa shape index (κ3) is 3.18. The van der Waals surface area contributed by atoms with Gasteiger partial charge in [0, 0.05) is 50.0 Å². The molecule has 0 amide bonds. The maximum Gasteiger partial charge on any atom is 0.131 e. The first-order valence-corrected chi connectivity index (χ1v) is 9.78. The number of pyridine rings is 2. The molecule has 8 heteroatoms. The van der Waals surface area contributed by atoms with Gasteiger partial charge in [0.15, 0.2) is 0 Å². The highest BCUT2D eigenvalue weighted by atomic mass is 16.5. The lowest BCUT2D eigenvalue weighted by Gasteiger charge is -2.35. The molecule has 3 aromatic rings. The molecule has 5 heterocycles. The molecule has 5 rings (SSSR count). The molecule has 8 nitrogen and oxygen atoms in total. The van der Waals surface area contributed by atoms with Gasteiger partial charge in [-0.3, -0.25) is 10.1 Å². The zero-order chi connectivity index (χ0) is 18.9. The van der Waals surface area contributed by atoms with E-state index in [9.17, 15) is 0 Å². The zero-order valence-electron chi connectivity index (χ0n) is 16.0. The largest absolute Gasteiger partial charge is 0.378 e. The van der Waals surface area contributed by atoms with Gasteiger partial charge < -0.3 is 19.3 Å². The minimum absolute atomic E-state index is 0.206. The second-order valence-corrected chi connectivity index (χ2v) is 7.25. The molecule has 0 radical (unpaired) electrons. The molecule has 28 heavy (non-hydrogen) atoms. The van der Waals surface area contributed by atoms with Crippen molar-refractivity contribution in [2.45, 2.75) is 13.0 Å². The van der Waals surface area contributed by atoms with Crippen molar-refractivity contribution in [2.75, 3.05) is 55.8 Å². The number of fused-ring (bicyclic) bond motifs is 1. The van der Waals surface area contributed by atoms with E-state index in [0.717, 1.165) is 74.1 Å². The summed E-state index contributed by atoms with van der Waals surface area (Å²) in [7, 11) is 0. The van der Waals surface area contributed by atoms with Gasteiger partial charge >= 0.3 is 0 Å². The standard InChI is InChI=1S/C20H24N6O2/c1-14-13-26(8-11-28-14)17-12-18(25-6-9-27-10-7-25)23-19-15(17)2-4-21-20(19)16-3-5-22-24-16/h2-5,12,14H,6-11,13H2,1H3,(H,22,24)/t14-/m1/s1. The molecule has 0 aliphatic carbocycles. The summed E-state index contributed by atoms with van der Waals surface area (Å²) in [5, 5.41) is 8.23. The lowest BCUT2D eigenvalue weighted by atomic mass is 10.1. The Labute approximate surface area is 163 Å². The first kappa shape index (κ1) is 17.4. The molecule has 0 spiro atoms. The van der Waals surface area contributed by atoms with Crippen LogP contribution in [-0.2, 0) is 9.47 Å². The summed E-state index contributed by atoms with van der Waals surface area (Å²) in [4.78, 5) is 14.3. The van der Waals surface area contributed by atoms with E-state index < -0.39 is 0 Å². The fourth-order valence-electron chi connectivity index (χ4n) is 3.96. The molecule has 2 fully saturated rings. The molecule has 0 unspecified atom stereocenters. The van der Waals surface area contributed by atoms with Crippen molar-refractivity contribution in [2.24, 2.45) is 0 Å². The van der Waals surface area contributed by atoms with Crippen LogP contribution in [0.4, 0.5) is 11.5 Å². The zero-order valence-corrected chi connectivity index (χ0v) is 16.0. The molecule has 1 atom stereocenters. The van der Waals surface area contributed by atoms with Crippen LogP contribution in [0.2, 0.25) is 0 Å². The summed E-state index contributed by atoms with van der Waals surface area (Å²) < 4.78 is 11.3. The van der Waals surface area contributed by atoms with Crippen LogP contribution in [0.15, 0.2) is 30.6 Å². The Morgan fingerprint density at radius 1 is 1.07 bits per heavy atom. The van der Waals surface area contributed by atoms with Crippen molar-refractivity contribution in [1.29, 1.82) is 0 Å². The van der Waals surface area contributed by atoms with Gasteiger partial charge in [-0.1, -0.05) is 0 Å². The van der Waals surface area contributed by atoms with Gasteiger partial charge in [0.25, 0.3) is 0 Å². The molecule has 0 aromatic carbocycles. The summed E-state index contributed by atoms with van der Waals surface area (Å²) in [5.41, 5.74) is 3.78. The Morgan fingerprint density at radius 3 is 2.71 bits per heavy atom. The van der Waals surface area contributed by atoms with E-state index in [-0.39, 0.29) is 6.10 Å². The van der Waals surface area contributed by atoms with Gasteiger partial charge in [0.05, 0.1) is 37.3 Å². The van der Waals surface area contributed by atoms with Crippen molar-refractivity contribution < 1.29 is 9.47 Å². The Morgan fingerprint density at radius 2 is 1.93 bits per heavy atom. The highest BCUT2D eigenvalue weighted by Gasteiger charge is 2.23. The van der Waals surface area contributed by atoms with Crippen LogP contribution in [0.25, 0.3) is 22.3 Å².